The van der Waals surface area contributed by atoms with Gasteiger partial charge in [0.2, 0.25) is 0 Å². The molecule has 0 N–H and O–H groups in total. The molecule has 9 heteroatoms. The van der Waals surface area contributed by atoms with Crippen molar-refractivity contribution in [2.45, 2.75) is 37.4 Å². The van der Waals surface area contributed by atoms with E-state index in [4.69, 9.17) is 16.3 Å². The van der Waals surface area contributed by atoms with Crippen LogP contribution in [0.15, 0.2) is 41.6 Å². The standard InChI is InChI=1S/C19H17ClF3N3OS/c1-3-26-18(11(2)27-17-8-7-12(21)9-16(17)23)24-25-19(26)28-10-13-14(20)5-4-6-15(13)22/h4-9,11H,3,10H2,1-2H3. The summed E-state index contributed by atoms with van der Waals surface area (Å²) in [5.41, 5.74) is 0.388. The molecule has 28 heavy (non-hydrogen) atoms. The zero-order valence-corrected chi connectivity index (χ0v) is 16.7. The first-order valence-corrected chi connectivity index (χ1v) is 9.87. The number of benzene rings is 2. The predicted molar refractivity (Wildman–Crippen MR) is 102 cm³/mol. The SMILES string of the molecule is CCn1c(SCc2c(F)cccc2Cl)nnc1C(C)Oc1ccc(F)cc1F. The molecule has 3 rings (SSSR count). The Balaban J connectivity index is 1.77. The molecule has 0 bridgehead atoms. The zero-order valence-electron chi connectivity index (χ0n) is 15.1. The molecule has 2 aromatic carbocycles. The third kappa shape index (κ3) is 4.44. The van der Waals surface area contributed by atoms with Gasteiger partial charge in [-0.3, -0.25) is 0 Å². The third-order valence-corrected chi connectivity index (χ3v) is 5.38. The second kappa shape index (κ2) is 8.87. The highest BCUT2D eigenvalue weighted by Crippen LogP contribution is 2.30. The van der Waals surface area contributed by atoms with E-state index in [9.17, 15) is 13.2 Å². The van der Waals surface area contributed by atoms with Gasteiger partial charge < -0.3 is 9.30 Å². The third-order valence-electron chi connectivity index (χ3n) is 4.03. The fraction of sp³-hybridized carbons (Fsp3) is 0.263. The summed E-state index contributed by atoms with van der Waals surface area (Å²) in [6.07, 6.45) is -0.626. The monoisotopic (exact) mass is 427 g/mol. The second-order valence-electron chi connectivity index (χ2n) is 5.91. The Labute approximate surface area is 169 Å². The molecule has 4 nitrogen and oxygen atoms in total. The Morgan fingerprint density at radius 1 is 1.14 bits per heavy atom. The Kier molecular flexibility index (Phi) is 6.51. The van der Waals surface area contributed by atoms with E-state index in [2.05, 4.69) is 10.2 Å². The molecule has 3 aromatic rings. The van der Waals surface area contributed by atoms with Crippen LogP contribution in [-0.2, 0) is 12.3 Å². The van der Waals surface area contributed by atoms with Crippen LogP contribution in [0, 0.1) is 17.5 Å². The first-order valence-electron chi connectivity index (χ1n) is 8.51. The molecular weight excluding hydrogens is 411 g/mol. The topological polar surface area (TPSA) is 39.9 Å². The maximum atomic E-state index is 14.0. The fourth-order valence-electron chi connectivity index (χ4n) is 2.63. The van der Waals surface area contributed by atoms with Crippen LogP contribution in [0.1, 0.15) is 31.3 Å². The molecule has 0 aliphatic rings. The zero-order chi connectivity index (χ0) is 20.3. The van der Waals surface area contributed by atoms with Crippen LogP contribution < -0.4 is 4.74 Å². The number of nitrogens with zero attached hydrogens (tertiary/aromatic N) is 3. The molecule has 1 atom stereocenters. The number of halogens is 4. The van der Waals surface area contributed by atoms with Gasteiger partial charge >= 0.3 is 0 Å². The molecule has 0 aliphatic heterocycles. The van der Waals surface area contributed by atoms with Gasteiger partial charge in [-0.15, -0.1) is 10.2 Å². The molecule has 0 saturated heterocycles. The minimum Gasteiger partial charge on any atom is -0.480 e. The number of ether oxygens (including phenoxy) is 1. The molecule has 1 aromatic heterocycles. The van der Waals surface area contributed by atoms with Gasteiger partial charge in [0, 0.05) is 29.0 Å². The Bertz CT molecular complexity index is 963. The van der Waals surface area contributed by atoms with Gasteiger partial charge in [-0.25, -0.2) is 13.2 Å². The van der Waals surface area contributed by atoms with Crippen LogP contribution in [-0.4, -0.2) is 14.8 Å². The van der Waals surface area contributed by atoms with E-state index in [-0.39, 0.29) is 17.3 Å². The molecule has 1 heterocycles. The Morgan fingerprint density at radius 3 is 2.61 bits per heavy atom. The number of aromatic nitrogens is 3. The van der Waals surface area contributed by atoms with Crippen molar-refractivity contribution in [3.05, 3.63) is 70.3 Å². The van der Waals surface area contributed by atoms with E-state index in [1.807, 2.05) is 6.92 Å². The average molecular weight is 428 g/mol. The van der Waals surface area contributed by atoms with E-state index in [1.54, 1.807) is 23.6 Å². The number of rotatable bonds is 7. The van der Waals surface area contributed by atoms with Gasteiger partial charge in [-0.05, 0) is 38.1 Å². The first kappa shape index (κ1) is 20.5. The molecule has 1 unspecified atom stereocenters. The second-order valence-corrected chi connectivity index (χ2v) is 7.26. The smallest absolute Gasteiger partial charge is 0.191 e. The molecule has 0 amide bonds. The normalized spacial score (nSPS) is 12.2. The Morgan fingerprint density at radius 2 is 1.93 bits per heavy atom. The van der Waals surface area contributed by atoms with Crippen molar-refractivity contribution >= 4 is 23.4 Å². The van der Waals surface area contributed by atoms with Crippen molar-refractivity contribution < 1.29 is 17.9 Å². The highest BCUT2D eigenvalue weighted by Gasteiger charge is 2.20. The van der Waals surface area contributed by atoms with E-state index in [1.165, 1.54) is 23.9 Å². The summed E-state index contributed by atoms with van der Waals surface area (Å²) >= 11 is 7.35. The molecule has 0 saturated carbocycles. The largest absolute Gasteiger partial charge is 0.480 e. The van der Waals surface area contributed by atoms with Crippen LogP contribution in [0.25, 0.3) is 0 Å². The maximum absolute atomic E-state index is 14.0. The predicted octanol–water partition coefficient (Wildman–Crippen LogP) is 5.80. The summed E-state index contributed by atoms with van der Waals surface area (Å²) < 4.78 is 48.2. The van der Waals surface area contributed by atoms with Crippen molar-refractivity contribution in [2.24, 2.45) is 0 Å². The van der Waals surface area contributed by atoms with Gasteiger partial charge in [0.25, 0.3) is 0 Å². The number of thioether (sulfide) groups is 1. The van der Waals surface area contributed by atoms with Gasteiger partial charge in [-0.1, -0.05) is 29.4 Å². The van der Waals surface area contributed by atoms with Crippen LogP contribution in [0.4, 0.5) is 13.2 Å². The molecular formula is C19H17ClF3N3OS. The van der Waals surface area contributed by atoms with E-state index >= 15 is 0 Å². The van der Waals surface area contributed by atoms with Crippen LogP contribution in [0.5, 0.6) is 5.75 Å². The molecule has 0 spiro atoms. The highest BCUT2D eigenvalue weighted by molar-refractivity contribution is 7.98. The average Bonchev–Trinajstić information content (AvgIpc) is 3.06. The van der Waals surface area contributed by atoms with Crippen LogP contribution in [0.2, 0.25) is 5.02 Å². The van der Waals surface area contributed by atoms with Gasteiger partial charge in [0.05, 0.1) is 0 Å². The molecule has 0 fully saturated rings. The van der Waals surface area contributed by atoms with Crippen molar-refractivity contribution in [1.29, 1.82) is 0 Å². The minimum atomic E-state index is -0.793. The van der Waals surface area contributed by atoms with Crippen LogP contribution >= 0.6 is 23.4 Å². The summed E-state index contributed by atoms with van der Waals surface area (Å²) in [6, 6.07) is 7.63. The fourth-order valence-corrected chi connectivity index (χ4v) is 3.98. The molecule has 0 aliphatic carbocycles. The first-order chi connectivity index (χ1) is 13.4. The number of hydrogen-bond acceptors (Lipinski definition) is 4. The lowest BCUT2D eigenvalue weighted by Gasteiger charge is -2.16. The molecule has 148 valence electrons. The summed E-state index contributed by atoms with van der Waals surface area (Å²) in [5.74, 6) is -1.17. The van der Waals surface area contributed by atoms with Crippen molar-refractivity contribution in [2.75, 3.05) is 0 Å². The van der Waals surface area contributed by atoms with Crippen LogP contribution in [0.3, 0.4) is 0 Å². The molecule has 0 radical (unpaired) electrons. The van der Waals surface area contributed by atoms with E-state index < -0.39 is 17.7 Å². The van der Waals surface area contributed by atoms with Gasteiger partial charge in [0.1, 0.15) is 11.6 Å². The Hall–Kier alpha value is -2.19. The summed E-state index contributed by atoms with van der Waals surface area (Å²) in [6.45, 7) is 4.13. The lowest BCUT2D eigenvalue weighted by molar-refractivity contribution is 0.200. The quantitative estimate of drug-likeness (QED) is 0.447. The lowest BCUT2D eigenvalue weighted by Crippen LogP contribution is -2.12. The number of hydrogen-bond donors (Lipinski definition) is 0. The maximum Gasteiger partial charge on any atom is 0.191 e. The highest BCUT2D eigenvalue weighted by atomic mass is 35.5. The van der Waals surface area contributed by atoms with Crippen molar-refractivity contribution in [3.63, 3.8) is 0 Å². The van der Waals surface area contributed by atoms with Gasteiger partial charge in [0.15, 0.2) is 28.7 Å². The van der Waals surface area contributed by atoms with Gasteiger partial charge in [-0.2, -0.15) is 0 Å². The van der Waals surface area contributed by atoms with Crippen molar-refractivity contribution in [3.8, 4) is 5.75 Å². The van der Waals surface area contributed by atoms with E-state index in [0.29, 0.717) is 28.1 Å². The lowest BCUT2D eigenvalue weighted by atomic mass is 10.2. The summed E-state index contributed by atoms with van der Waals surface area (Å²) in [5, 5.41) is 9.18. The summed E-state index contributed by atoms with van der Waals surface area (Å²) in [4.78, 5) is 0. The minimum absolute atomic E-state index is 0.0769. The van der Waals surface area contributed by atoms with E-state index in [0.717, 1.165) is 12.1 Å². The summed E-state index contributed by atoms with van der Waals surface area (Å²) in [7, 11) is 0. The van der Waals surface area contributed by atoms with Crippen molar-refractivity contribution in [1.82, 2.24) is 14.8 Å².